The number of nitrogens with one attached hydrogen (secondary N) is 1. The van der Waals surface area contributed by atoms with Crippen LogP contribution >= 0.6 is 22.9 Å². The Morgan fingerprint density at radius 2 is 2.11 bits per heavy atom. The van der Waals surface area contributed by atoms with E-state index in [1.165, 1.54) is 28.4 Å². The Morgan fingerprint density at radius 3 is 2.74 bits per heavy atom. The Kier molecular flexibility index (Phi) is 4.39. The van der Waals surface area contributed by atoms with E-state index in [1.807, 2.05) is 6.07 Å². The molecule has 2 rings (SSSR count). The van der Waals surface area contributed by atoms with Gasteiger partial charge in [-0.05, 0) is 24.3 Å². The van der Waals surface area contributed by atoms with E-state index in [1.54, 1.807) is 25.2 Å². The fourth-order valence-electron chi connectivity index (χ4n) is 1.52. The van der Waals surface area contributed by atoms with E-state index in [-0.39, 0.29) is 11.7 Å². The molecule has 2 amide bonds. The molecule has 1 heterocycles. The van der Waals surface area contributed by atoms with Crippen LogP contribution < -0.4 is 5.32 Å². The third-order valence-electron chi connectivity index (χ3n) is 2.48. The highest BCUT2D eigenvalue weighted by Gasteiger charge is 2.12. The summed E-state index contributed by atoms with van der Waals surface area (Å²) in [6.07, 6.45) is 0. The summed E-state index contributed by atoms with van der Waals surface area (Å²) in [7, 11) is 1.64. The van der Waals surface area contributed by atoms with Gasteiger partial charge in [0.05, 0.1) is 16.6 Å². The van der Waals surface area contributed by atoms with E-state index >= 15 is 0 Å². The first kappa shape index (κ1) is 13.8. The highest BCUT2D eigenvalue weighted by atomic mass is 35.5. The number of anilines is 1. The fraction of sp³-hybridized carbons (Fsp3) is 0.154. The summed E-state index contributed by atoms with van der Waals surface area (Å²) < 4.78 is 14.1. The van der Waals surface area contributed by atoms with Crippen molar-refractivity contribution in [3.63, 3.8) is 0 Å². The van der Waals surface area contributed by atoms with Gasteiger partial charge in [0.25, 0.3) is 0 Å². The SMILES string of the molecule is CN(Cc1ccc(Cl)s1)C(=O)Nc1ccccc1F. The van der Waals surface area contributed by atoms with Crippen LogP contribution in [0.3, 0.4) is 0 Å². The zero-order valence-corrected chi connectivity index (χ0v) is 11.8. The minimum atomic E-state index is -0.455. The van der Waals surface area contributed by atoms with Crippen molar-refractivity contribution >= 4 is 34.7 Å². The van der Waals surface area contributed by atoms with Crippen LogP contribution in [-0.2, 0) is 6.54 Å². The Hall–Kier alpha value is -1.59. The number of carbonyl (C=O) groups excluding carboxylic acids is 1. The molecule has 0 aliphatic heterocycles. The first-order valence-electron chi connectivity index (χ1n) is 5.57. The lowest BCUT2D eigenvalue weighted by Crippen LogP contribution is -2.30. The number of hydrogen-bond acceptors (Lipinski definition) is 2. The van der Waals surface area contributed by atoms with Crippen LogP contribution in [0.25, 0.3) is 0 Å². The van der Waals surface area contributed by atoms with Gasteiger partial charge in [0.1, 0.15) is 5.82 Å². The first-order chi connectivity index (χ1) is 9.06. The number of para-hydroxylation sites is 1. The Labute approximate surface area is 119 Å². The molecule has 0 spiro atoms. The predicted octanol–water partition coefficient (Wildman–Crippen LogP) is 4.20. The molecule has 100 valence electrons. The largest absolute Gasteiger partial charge is 0.322 e. The van der Waals surface area contributed by atoms with Crippen molar-refractivity contribution in [3.05, 3.63) is 51.4 Å². The summed E-state index contributed by atoms with van der Waals surface area (Å²) in [4.78, 5) is 14.3. The molecular weight excluding hydrogens is 287 g/mol. The maximum absolute atomic E-state index is 13.4. The standard InChI is InChI=1S/C13H12ClFN2OS/c1-17(8-9-6-7-12(14)19-9)13(18)16-11-5-3-2-4-10(11)15/h2-7H,8H2,1H3,(H,16,18). The summed E-state index contributed by atoms with van der Waals surface area (Å²) in [6, 6.07) is 9.33. The zero-order valence-electron chi connectivity index (χ0n) is 10.2. The molecule has 0 bridgehead atoms. The highest BCUT2D eigenvalue weighted by Crippen LogP contribution is 2.22. The molecule has 1 N–H and O–H groups in total. The average Bonchev–Trinajstić information content (AvgIpc) is 2.77. The molecular formula is C13H12ClFN2OS. The predicted molar refractivity (Wildman–Crippen MR) is 76.2 cm³/mol. The molecule has 0 unspecified atom stereocenters. The van der Waals surface area contributed by atoms with Gasteiger partial charge in [0, 0.05) is 11.9 Å². The second kappa shape index (κ2) is 6.04. The van der Waals surface area contributed by atoms with E-state index in [9.17, 15) is 9.18 Å². The van der Waals surface area contributed by atoms with Gasteiger partial charge < -0.3 is 10.2 Å². The van der Waals surface area contributed by atoms with Gasteiger partial charge in [-0.3, -0.25) is 0 Å². The number of urea groups is 1. The Morgan fingerprint density at radius 1 is 1.37 bits per heavy atom. The molecule has 6 heteroatoms. The molecule has 0 radical (unpaired) electrons. The molecule has 0 saturated carbocycles. The molecule has 0 aliphatic rings. The molecule has 0 atom stereocenters. The van der Waals surface area contributed by atoms with Crippen molar-refractivity contribution in [2.45, 2.75) is 6.54 Å². The number of hydrogen-bond donors (Lipinski definition) is 1. The molecule has 0 fully saturated rings. The zero-order chi connectivity index (χ0) is 13.8. The van der Waals surface area contributed by atoms with E-state index in [4.69, 9.17) is 11.6 Å². The number of thiophene rings is 1. The maximum Gasteiger partial charge on any atom is 0.321 e. The maximum atomic E-state index is 13.4. The van der Waals surface area contributed by atoms with Crippen LogP contribution in [0.5, 0.6) is 0 Å². The Bertz CT molecular complexity index is 588. The quantitative estimate of drug-likeness (QED) is 0.905. The molecule has 1 aromatic heterocycles. The third-order valence-corrected chi connectivity index (χ3v) is 3.70. The van der Waals surface area contributed by atoms with Crippen molar-refractivity contribution in [3.8, 4) is 0 Å². The average molecular weight is 299 g/mol. The third kappa shape index (κ3) is 3.68. The molecule has 19 heavy (non-hydrogen) atoms. The minimum Gasteiger partial charge on any atom is -0.322 e. The molecule has 0 aliphatic carbocycles. The van der Waals surface area contributed by atoms with Crippen LogP contribution in [0.1, 0.15) is 4.88 Å². The van der Waals surface area contributed by atoms with Crippen molar-refractivity contribution in [1.82, 2.24) is 4.90 Å². The monoisotopic (exact) mass is 298 g/mol. The minimum absolute atomic E-state index is 0.170. The summed E-state index contributed by atoms with van der Waals surface area (Å²) in [6.45, 7) is 0.428. The number of benzene rings is 1. The van der Waals surface area contributed by atoms with Crippen LogP contribution in [0.15, 0.2) is 36.4 Å². The van der Waals surface area contributed by atoms with Crippen LogP contribution in [0.4, 0.5) is 14.9 Å². The highest BCUT2D eigenvalue weighted by molar-refractivity contribution is 7.16. The molecule has 0 saturated heterocycles. The van der Waals surface area contributed by atoms with Gasteiger partial charge in [-0.25, -0.2) is 9.18 Å². The van der Waals surface area contributed by atoms with E-state index < -0.39 is 5.82 Å². The topological polar surface area (TPSA) is 32.3 Å². The number of nitrogens with zero attached hydrogens (tertiary/aromatic N) is 1. The van der Waals surface area contributed by atoms with Crippen LogP contribution in [-0.4, -0.2) is 18.0 Å². The summed E-state index contributed by atoms with van der Waals surface area (Å²) >= 11 is 7.24. The van der Waals surface area contributed by atoms with Gasteiger partial charge in [0.2, 0.25) is 0 Å². The summed E-state index contributed by atoms with van der Waals surface area (Å²) in [5.41, 5.74) is 0.170. The van der Waals surface area contributed by atoms with Crippen LogP contribution in [0, 0.1) is 5.82 Å². The number of amides is 2. The van der Waals surface area contributed by atoms with Crippen molar-refractivity contribution in [2.24, 2.45) is 0 Å². The van der Waals surface area contributed by atoms with E-state index in [0.29, 0.717) is 10.9 Å². The van der Waals surface area contributed by atoms with E-state index in [0.717, 1.165) is 4.88 Å². The number of halogens is 2. The second-order valence-electron chi connectivity index (χ2n) is 3.97. The summed E-state index contributed by atoms with van der Waals surface area (Å²) in [5.74, 6) is -0.455. The van der Waals surface area contributed by atoms with Gasteiger partial charge in [-0.2, -0.15) is 0 Å². The lowest BCUT2D eigenvalue weighted by atomic mass is 10.3. The lowest BCUT2D eigenvalue weighted by molar-refractivity contribution is 0.221. The van der Waals surface area contributed by atoms with Crippen molar-refractivity contribution in [1.29, 1.82) is 0 Å². The van der Waals surface area contributed by atoms with Crippen LogP contribution in [0.2, 0.25) is 4.34 Å². The van der Waals surface area contributed by atoms with Gasteiger partial charge in [-0.1, -0.05) is 23.7 Å². The van der Waals surface area contributed by atoms with Crippen molar-refractivity contribution < 1.29 is 9.18 Å². The summed E-state index contributed by atoms with van der Waals surface area (Å²) in [5, 5.41) is 2.52. The van der Waals surface area contributed by atoms with Crippen molar-refractivity contribution in [2.75, 3.05) is 12.4 Å². The fourth-order valence-corrected chi connectivity index (χ4v) is 2.66. The van der Waals surface area contributed by atoms with Gasteiger partial charge in [0.15, 0.2) is 0 Å². The lowest BCUT2D eigenvalue weighted by Gasteiger charge is -2.17. The molecule has 3 nitrogen and oxygen atoms in total. The molecule has 1 aromatic carbocycles. The molecule has 2 aromatic rings. The normalized spacial score (nSPS) is 10.3. The van der Waals surface area contributed by atoms with Gasteiger partial charge in [-0.15, -0.1) is 11.3 Å². The first-order valence-corrected chi connectivity index (χ1v) is 6.76. The second-order valence-corrected chi connectivity index (χ2v) is 5.77. The Balaban J connectivity index is 1.98. The smallest absolute Gasteiger partial charge is 0.321 e. The number of carbonyl (C=O) groups is 1. The van der Waals surface area contributed by atoms with Gasteiger partial charge >= 0.3 is 6.03 Å². The number of rotatable bonds is 3. The van der Waals surface area contributed by atoms with E-state index in [2.05, 4.69) is 5.32 Å².